The van der Waals surface area contributed by atoms with Crippen LogP contribution in [0.2, 0.25) is 0 Å². The Hall–Kier alpha value is -3.67. The first-order valence-corrected chi connectivity index (χ1v) is 11.2. The zero-order valence-corrected chi connectivity index (χ0v) is 19.1. The number of carbonyl (C=O) groups excluding carboxylic acids is 2. The van der Waals surface area contributed by atoms with Crippen LogP contribution in [0.3, 0.4) is 0 Å². The van der Waals surface area contributed by atoms with E-state index in [4.69, 9.17) is 4.74 Å². The fourth-order valence-corrected chi connectivity index (χ4v) is 4.81. The number of hydrogen-bond donors (Lipinski definition) is 1. The predicted octanol–water partition coefficient (Wildman–Crippen LogP) is 3.97. The minimum atomic E-state index is -0.719. The van der Waals surface area contributed by atoms with Crippen LogP contribution < -0.4 is 10.1 Å². The van der Waals surface area contributed by atoms with Gasteiger partial charge in [-0.15, -0.1) is 0 Å². The average molecular weight is 444 g/mol. The van der Waals surface area contributed by atoms with Gasteiger partial charge < -0.3 is 15.0 Å². The lowest BCUT2D eigenvalue weighted by Gasteiger charge is -2.42. The van der Waals surface area contributed by atoms with Crippen molar-refractivity contribution in [3.8, 4) is 16.9 Å². The van der Waals surface area contributed by atoms with E-state index in [1.54, 1.807) is 37.4 Å². The van der Waals surface area contributed by atoms with Crippen molar-refractivity contribution in [3.05, 3.63) is 84.2 Å². The van der Waals surface area contributed by atoms with Crippen LogP contribution in [0.15, 0.2) is 73.1 Å². The van der Waals surface area contributed by atoms with Crippen LogP contribution in [-0.2, 0) is 11.2 Å². The number of nitrogens with zero attached hydrogens (tertiary/aromatic N) is 2. The quantitative estimate of drug-likeness (QED) is 0.626. The fraction of sp³-hybridized carbons (Fsp3) is 0.296. The van der Waals surface area contributed by atoms with Gasteiger partial charge in [-0.3, -0.25) is 14.6 Å². The van der Waals surface area contributed by atoms with Gasteiger partial charge in [-0.25, -0.2) is 0 Å². The Balaban J connectivity index is 1.68. The first kappa shape index (κ1) is 22.5. The maximum absolute atomic E-state index is 13.4. The second-order valence-electron chi connectivity index (χ2n) is 8.47. The zero-order valence-electron chi connectivity index (χ0n) is 19.1. The molecule has 0 saturated carbocycles. The monoisotopic (exact) mass is 443 g/mol. The summed E-state index contributed by atoms with van der Waals surface area (Å²) in [6, 6.07) is 19.3. The molecule has 1 aliphatic heterocycles. The molecule has 2 heterocycles. The number of pyridine rings is 1. The SMILES string of the molecule is CNC(=O)[C@]1(Cc2ccccc2-c2cccnc2)CCCN(C(=O)c2ccccc2OC)C1. The van der Waals surface area contributed by atoms with Crippen molar-refractivity contribution in [3.63, 3.8) is 0 Å². The van der Waals surface area contributed by atoms with Gasteiger partial charge in [-0.1, -0.05) is 42.5 Å². The van der Waals surface area contributed by atoms with Crippen LogP contribution in [-0.4, -0.2) is 48.9 Å². The van der Waals surface area contributed by atoms with Crippen molar-refractivity contribution in [2.45, 2.75) is 19.3 Å². The minimum absolute atomic E-state index is 0.0407. The molecule has 6 nitrogen and oxygen atoms in total. The van der Waals surface area contributed by atoms with Gasteiger partial charge in [0.05, 0.1) is 18.1 Å². The highest BCUT2D eigenvalue weighted by molar-refractivity contribution is 5.97. The van der Waals surface area contributed by atoms with E-state index < -0.39 is 5.41 Å². The number of amides is 2. The molecule has 1 aromatic heterocycles. The lowest BCUT2D eigenvalue weighted by Crippen LogP contribution is -2.54. The Morgan fingerprint density at radius 2 is 1.88 bits per heavy atom. The number of carbonyl (C=O) groups is 2. The van der Waals surface area contributed by atoms with E-state index in [1.807, 2.05) is 42.6 Å². The molecule has 1 N–H and O–H groups in total. The van der Waals surface area contributed by atoms with Gasteiger partial charge in [-0.2, -0.15) is 0 Å². The van der Waals surface area contributed by atoms with E-state index >= 15 is 0 Å². The Labute approximate surface area is 194 Å². The summed E-state index contributed by atoms with van der Waals surface area (Å²) in [6.07, 6.45) is 5.59. The number of rotatable bonds is 6. The largest absolute Gasteiger partial charge is 0.496 e. The van der Waals surface area contributed by atoms with Gasteiger partial charge >= 0.3 is 0 Å². The molecule has 0 bridgehead atoms. The van der Waals surface area contributed by atoms with E-state index in [9.17, 15) is 9.59 Å². The highest BCUT2D eigenvalue weighted by atomic mass is 16.5. The molecule has 3 aromatic rings. The van der Waals surface area contributed by atoms with E-state index in [1.165, 1.54) is 0 Å². The molecule has 0 radical (unpaired) electrons. The number of ether oxygens (including phenoxy) is 1. The lowest BCUT2D eigenvalue weighted by molar-refractivity contribution is -0.133. The third-order valence-electron chi connectivity index (χ3n) is 6.43. The second kappa shape index (κ2) is 9.86. The number of benzene rings is 2. The highest BCUT2D eigenvalue weighted by Gasteiger charge is 2.43. The van der Waals surface area contributed by atoms with Gasteiger partial charge in [0.15, 0.2) is 0 Å². The van der Waals surface area contributed by atoms with Crippen LogP contribution in [0.1, 0.15) is 28.8 Å². The fourth-order valence-electron chi connectivity index (χ4n) is 4.81. The molecule has 1 aliphatic rings. The van der Waals surface area contributed by atoms with Crippen LogP contribution in [0.25, 0.3) is 11.1 Å². The Kier molecular flexibility index (Phi) is 6.73. The van der Waals surface area contributed by atoms with Gasteiger partial charge in [0.2, 0.25) is 5.91 Å². The summed E-state index contributed by atoms with van der Waals surface area (Å²) in [4.78, 5) is 32.8. The topological polar surface area (TPSA) is 71.5 Å². The zero-order chi connectivity index (χ0) is 23.3. The van der Waals surface area contributed by atoms with E-state index in [0.29, 0.717) is 37.2 Å². The van der Waals surface area contributed by atoms with Crippen molar-refractivity contribution in [1.29, 1.82) is 0 Å². The molecule has 1 saturated heterocycles. The first-order valence-electron chi connectivity index (χ1n) is 11.2. The Morgan fingerprint density at radius 1 is 1.09 bits per heavy atom. The number of methoxy groups -OCH3 is 1. The van der Waals surface area contributed by atoms with E-state index in [-0.39, 0.29) is 11.8 Å². The highest BCUT2D eigenvalue weighted by Crippen LogP contribution is 2.38. The van der Waals surface area contributed by atoms with E-state index in [0.717, 1.165) is 23.1 Å². The summed E-state index contributed by atoms with van der Waals surface area (Å²) in [7, 11) is 3.23. The molecule has 2 aromatic carbocycles. The third kappa shape index (κ3) is 4.60. The molecule has 33 heavy (non-hydrogen) atoms. The van der Waals surface area contributed by atoms with Gasteiger partial charge in [0.25, 0.3) is 5.91 Å². The molecule has 1 atom stereocenters. The first-order chi connectivity index (χ1) is 16.1. The second-order valence-corrected chi connectivity index (χ2v) is 8.47. The minimum Gasteiger partial charge on any atom is -0.496 e. The molecule has 1 fully saturated rings. The predicted molar refractivity (Wildman–Crippen MR) is 128 cm³/mol. The Bertz CT molecular complexity index is 1130. The number of nitrogens with one attached hydrogen (secondary N) is 1. The molecule has 4 rings (SSSR count). The third-order valence-corrected chi connectivity index (χ3v) is 6.43. The molecule has 0 spiro atoms. The van der Waals surface area contributed by atoms with Gasteiger partial charge in [0.1, 0.15) is 5.75 Å². The molecule has 6 heteroatoms. The van der Waals surface area contributed by atoms with Crippen molar-refractivity contribution in [2.75, 3.05) is 27.2 Å². The van der Waals surface area contributed by atoms with Gasteiger partial charge in [-0.05, 0) is 48.6 Å². The summed E-state index contributed by atoms with van der Waals surface area (Å²) in [5, 5.41) is 2.86. The maximum atomic E-state index is 13.4. The molecule has 170 valence electrons. The van der Waals surface area contributed by atoms with Crippen molar-refractivity contribution in [1.82, 2.24) is 15.2 Å². The van der Waals surface area contributed by atoms with Crippen LogP contribution in [0, 0.1) is 5.41 Å². The number of hydrogen-bond acceptors (Lipinski definition) is 4. The summed E-state index contributed by atoms with van der Waals surface area (Å²) in [6.45, 7) is 0.963. The maximum Gasteiger partial charge on any atom is 0.257 e. The number of likely N-dealkylation sites (tertiary alicyclic amines) is 1. The lowest BCUT2D eigenvalue weighted by atomic mass is 9.73. The van der Waals surface area contributed by atoms with Crippen molar-refractivity contribution in [2.24, 2.45) is 5.41 Å². The summed E-state index contributed by atoms with van der Waals surface area (Å²) in [5.41, 5.74) is 2.94. The van der Waals surface area contributed by atoms with Crippen LogP contribution >= 0.6 is 0 Å². The van der Waals surface area contributed by atoms with Crippen LogP contribution in [0.4, 0.5) is 0 Å². The van der Waals surface area contributed by atoms with Gasteiger partial charge in [0, 0.05) is 38.1 Å². The summed E-state index contributed by atoms with van der Waals surface area (Å²) < 4.78 is 5.41. The molecular weight excluding hydrogens is 414 g/mol. The average Bonchev–Trinajstić information content (AvgIpc) is 2.88. The molecular formula is C27H29N3O3. The molecule has 2 amide bonds. The van der Waals surface area contributed by atoms with Crippen LogP contribution in [0.5, 0.6) is 5.75 Å². The normalized spacial score (nSPS) is 17.9. The van der Waals surface area contributed by atoms with E-state index in [2.05, 4.69) is 22.4 Å². The smallest absolute Gasteiger partial charge is 0.257 e. The van der Waals surface area contributed by atoms with Crippen molar-refractivity contribution < 1.29 is 14.3 Å². The Morgan fingerprint density at radius 3 is 2.64 bits per heavy atom. The summed E-state index contributed by atoms with van der Waals surface area (Å²) >= 11 is 0. The molecule has 0 aliphatic carbocycles. The molecule has 0 unspecified atom stereocenters. The number of para-hydroxylation sites is 1. The van der Waals surface area contributed by atoms with Crippen molar-refractivity contribution >= 4 is 11.8 Å². The number of aromatic nitrogens is 1. The number of piperidine rings is 1. The standard InChI is InChI=1S/C27H29N3O3/c1-28-26(32)27(17-20-9-3-4-11-22(20)21-10-7-15-29-18-21)14-8-16-30(19-27)25(31)23-12-5-6-13-24(23)33-2/h3-7,9-13,15,18H,8,14,16-17,19H2,1-2H3,(H,28,32)/t27-/m0/s1. The summed E-state index contributed by atoms with van der Waals surface area (Å²) in [5.74, 6) is 0.391.